The first-order chi connectivity index (χ1) is 7.25. The summed E-state index contributed by atoms with van der Waals surface area (Å²) in [5, 5.41) is 18.2. The summed E-state index contributed by atoms with van der Waals surface area (Å²) < 4.78 is 5.43. The Labute approximate surface area is 90.9 Å². The molecule has 4 heteroatoms. The van der Waals surface area contributed by atoms with E-state index in [0.29, 0.717) is 18.7 Å². The van der Waals surface area contributed by atoms with Crippen molar-refractivity contribution in [2.75, 3.05) is 6.61 Å². The smallest absolute Gasteiger partial charge is 0.423 e. The van der Waals surface area contributed by atoms with Crippen LogP contribution in [0.4, 0.5) is 0 Å². The summed E-state index contributed by atoms with van der Waals surface area (Å²) >= 11 is 0. The SMILES string of the molecule is CCCCOCc1ccccc1B(O)O. The highest BCUT2D eigenvalue weighted by atomic mass is 16.5. The molecule has 0 heterocycles. The molecule has 0 aliphatic rings. The Balaban J connectivity index is 2.52. The van der Waals surface area contributed by atoms with Gasteiger partial charge in [-0.3, -0.25) is 0 Å². The molecule has 0 aliphatic heterocycles. The van der Waals surface area contributed by atoms with Crippen LogP contribution in [-0.2, 0) is 11.3 Å². The van der Waals surface area contributed by atoms with E-state index in [0.717, 1.165) is 18.4 Å². The topological polar surface area (TPSA) is 49.7 Å². The van der Waals surface area contributed by atoms with Gasteiger partial charge in [0, 0.05) is 6.61 Å². The fourth-order valence-corrected chi connectivity index (χ4v) is 1.35. The van der Waals surface area contributed by atoms with E-state index in [9.17, 15) is 0 Å². The van der Waals surface area contributed by atoms with Crippen LogP contribution in [0.15, 0.2) is 24.3 Å². The quantitative estimate of drug-likeness (QED) is 0.534. The molecule has 0 saturated carbocycles. The molecule has 2 N–H and O–H groups in total. The maximum Gasteiger partial charge on any atom is 0.488 e. The molecule has 0 atom stereocenters. The second-order valence-corrected chi connectivity index (χ2v) is 3.48. The maximum absolute atomic E-state index is 9.11. The zero-order valence-electron chi connectivity index (χ0n) is 9.02. The minimum Gasteiger partial charge on any atom is -0.423 e. The molecule has 0 unspecified atom stereocenters. The van der Waals surface area contributed by atoms with Crippen LogP contribution >= 0.6 is 0 Å². The minimum atomic E-state index is -1.42. The predicted molar refractivity (Wildman–Crippen MR) is 60.8 cm³/mol. The molecule has 0 radical (unpaired) electrons. The summed E-state index contributed by atoms with van der Waals surface area (Å²) in [7, 11) is -1.42. The van der Waals surface area contributed by atoms with Crippen LogP contribution in [0, 0.1) is 0 Å². The number of hydrogen-bond acceptors (Lipinski definition) is 3. The lowest BCUT2D eigenvalue weighted by molar-refractivity contribution is 0.118. The van der Waals surface area contributed by atoms with Gasteiger partial charge in [0.1, 0.15) is 0 Å². The van der Waals surface area contributed by atoms with Gasteiger partial charge in [-0.25, -0.2) is 0 Å². The lowest BCUT2D eigenvalue weighted by Crippen LogP contribution is -2.33. The van der Waals surface area contributed by atoms with Crippen molar-refractivity contribution < 1.29 is 14.8 Å². The van der Waals surface area contributed by atoms with E-state index in [1.165, 1.54) is 0 Å². The lowest BCUT2D eigenvalue weighted by atomic mass is 9.77. The van der Waals surface area contributed by atoms with Crippen LogP contribution in [0.5, 0.6) is 0 Å². The number of unbranched alkanes of at least 4 members (excludes halogenated alkanes) is 1. The van der Waals surface area contributed by atoms with Crippen LogP contribution in [0.2, 0.25) is 0 Å². The first kappa shape index (κ1) is 12.2. The molecule has 0 aliphatic carbocycles. The second kappa shape index (κ2) is 6.61. The Morgan fingerprint density at radius 3 is 2.67 bits per heavy atom. The van der Waals surface area contributed by atoms with Crippen LogP contribution in [0.1, 0.15) is 25.3 Å². The van der Waals surface area contributed by atoms with Crippen molar-refractivity contribution in [1.29, 1.82) is 0 Å². The largest absolute Gasteiger partial charge is 0.488 e. The van der Waals surface area contributed by atoms with E-state index in [1.807, 2.05) is 12.1 Å². The zero-order chi connectivity index (χ0) is 11.1. The molecule has 1 aromatic rings. The van der Waals surface area contributed by atoms with Crippen LogP contribution in [-0.4, -0.2) is 23.8 Å². The third-order valence-corrected chi connectivity index (χ3v) is 2.23. The highest BCUT2D eigenvalue weighted by Crippen LogP contribution is 2.00. The maximum atomic E-state index is 9.11. The molecular formula is C11H17BO3. The fourth-order valence-electron chi connectivity index (χ4n) is 1.35. The van der Waals surface area contributed by atoms with E-state index >= 15 is 0 Å². The second-order valence-electron chi connectivity index (χ2n) is 3.48. The van der Waals surface area contributed by atoms with Gasteiger partial charge in [0.2, 0.25) is 0 Å². The Kier molecular flexibility index (Phi) is 5.39. The molecule has 15 heavy (non-hydrogen) atoms. The molecule has 0 saturated heterocycles. The Morgan fingerprint density at radius 2 is 2.00 bits per heavy atom. The van der Waals surface area contributed by atoms with Gasteiger partial charge in [-0.15, -0.1) is 0 Å². The molecule has 1 aromatic carbocycles. The van der Waals surface area contributed by atoms with E-state index in [4.69, 9.17) is 14.8 Å². The Hall–Kier alpha value is -0.835. The monoisotopic (exact) mass is 208 g/mol. The lowest BCUT2D eigenvalue weighted by Gasteiger charge is -2.08. The average molecular weight is 208 g/mol. The van der Waals surface area contributed by atoms with Gasteiger partial charge >= 0.3 is 7.12 Å². The van der Waals surface area contributed by atoms with E-state index in [2.05, 4.69) is 6.92 Å². The first-order valence-corrected chi connectivity index (χ1v) is 5.27. The standard InChI is InChI=1S/C11H17BO3/c1-2-3-8-15-9-10-6-4-5-7-11(10)12(13)14/h4-7,13-14H,2-3,8-9H2,1H3. The van der Waals surface area contributed by atoms with Crippen molar-refractivity contribution in [3.05, 3.63) is 29.8 Å². The van der Waals surface area contributed by atoms with Gasteiger partial charge in [-0.05, 0) is 17.4 Å². The summed E-state index contributed by atoms with van der Waals surface area (Å²) in [4.78, 5) is 0. The Bertz CT molecular complexity index is 289. The van der Waals surface area contributed by atoms with E-state index in [1.54, 1.807) is 12.1 Å². The van der Waals surface area contributed by atoms with Gasteiger partial charge in [-0.2, -0.15) is 0 Å². The highest BCUT2D eigenvalue weighted by Gasteiger charge is 2.14. The van der Waals surface area contributed by atoms with Gasteiger partial charge in [0.25, 0.3) is 0 Å². The van der Waals surface area contributed by atoms with E-state index in [-0.39, 0.29) is 0 Å². The fraction of sp³-hybridized carbons (Fsp3) is 0.455. The van der Waals surface area contributed by atoms with Crippen molar-refractivity contribution in [1.82, 2.24) is 0 Å². The molecule has 82 valence electrons. The molecular weight excluding hydrogens is 191 g/mol. The number of benzene rings is 1. The third-order valence-electron chi connectivity index (χ3n) is 2.23. The van der Waals surface area contributed by atoms with Crippen molar-refractivity contribution in [2.24, 2.45) is 0 Å². The number of ether oxygens (including phenoxy) is 1. The minimum absolute atomic E-state index is 0.438. The summed E-state index contributed by atoms with van der Waals surface area (Å²) in [6.07, 6.45) is 2.13. The average Bonchev–Trinajstić information content (AvgIpc) is 2.25. The summed E-state index contributed by atoms with van der Waals surface area (Å²) in [6, 6.07) is 7.19. The summed E-state index contributed by atoms with van der Waals surface area (Å²) in [6.45, 7) is 3.26. The van der Waals surface area contributed by atoms with Crippen LogP contribution < -0.4 is 5.46 Å². The van der Waals surface area contributed by atoms with Gasteiger partial charge in [0.15, 0.2) is 0 Å². The predicted octanol–water partition coefficient (Wildman–Crippen LogP) is 0.683. The molecule has 0 amide bonds. The molecule has 1 rings (SSSR count). The molecule has 0 bridgehead atoms. The summed E-state index contributed by atoms with van der Waals surface area (Å²) in [5.74, 6) is 0. The van der Waals surface area contributed by atoms with Crippen molar-refractivity contribution >= 4 is 12.6 Å². The normalized spacial score (nSPS) is 10.3. The van der Waals surface area contributed by atoms with Crippen molar-refractivity contribution in [2.45, 2.75) is 26.4 Å². The van der Waals surface area contributed by atoms with Crippen molar-refractivity contribution in [3.8, 4) is 0 Å². The molecule has 0 aromatic heterocycles. The molecule has 0 spiro atoms. The van der Waals surface area contributed by atoms with Gasteiger partial charge in [0.05, 0.1) is 6.61 Å². The van der Waals surface area contributed by atoms with Gasteiger partial charge in [-0.1, -0.05) is 37.6 Å². The van der Waals surface area contributed by atoms with Crippen LogP contribution in [0.3, 0.4) is 0 Å². The van der Waals surface area contributed by atoms with E-state index < -0.39 is 7.12 Å². The first-order valence-electron chi connectivity index (χ1n) is 5.27. The van der Waals surface area contributed by atoms with Crippen LogP contribution in [0.25, 0.3) is 0 Å². The molecule has 3 nitrogen and oxygen atoms in total. The highest BCUT2D eigenvalue weighted by molar-refractivity contribution is 6.59. The molecule has 0 fully saturated rings. The summed E-state index contributed by atoms with van der Waals surface area (Å²) in [5.41, 5.74) is 1.36. The number of rotatable bonds is 6. The zero-order valence-corrected chi connectivity index (χ0v) is 9.02. The Morgan fingerprint density at radius 1 is 1.27 bits per heavy atom. The van der Waals surface area contributed by atoms with Crippen molar-refractivity contribution in [3.63, 3.8) is 0 Å². The third kappa shape index (κ3) is 4.04. The number of hydrogen-bond donors (Lipinski definition) is 2. The van der Waals surface area contributed by atoms with Gasteiger partial charge < -0.3 is 14.8 Å².